The SMILES string of the molecule is c1ccc2c(c1)Oc1ccccc1N2c1ccc(-n2nc3ccc4ccccc4c3n2)c2ccccc12. The van der Waals surface area contributed by atoms with Crippen LogP contribution in [0.2, 0.25) is 0 Å². The number of nitrogens with zero attached hydrogens (tertiary/aromatic N) is 4. The molecular formula is C32H20N4O. The molecule has 0 aliphatic carbocycles. The quantitative estimate of drug-likeness (QED) is 0.252. The summed E-state index contributed by atoms with van der Waals surface area (Å²) in [6.45, 7) is 0. The fraction of sp³-hybridized carbons (Fsp3) is 0. The van der Waals surface area contributed by atoms with E-state index in [0.717, 1.165) is 66.8 Å². The van der Waals surface area contributed by atoms with Crippen molar-refractivity contribution in [1.29, 1.82) is 0 Å². The van der Waals surface area contributed by atoms with Crippen LogP contribution in [0.4, 0.5) is 17.1 Å². The predicted molar refractivity (Wildman–Crippen MR) is 149 cm³/mol. The maximum absolute atomic E-state index is 6.24. The highest BCUT2D eigenvalue weighted by Gasteiger charge is 2.27. The van der Waals surface area contributed by atoms with Crippen molar-refractivity contribution in [3.05, 3.63) is 121 Å². The van der Waals surface area contributed by atoms with Gasteiger partial charge in [0, 0.05) is 16.2 Å². The van der Waals surface area contributed by atoms with Crippen LogP contribution in [0.3, 0.4) is 0 Å². The number of fused-ring (bicyclic) bond motifs is 6. The first-order valence-corrected chi connectivity index (χ1v) is 12.3. The summed E-state index contributed by atoms with van der Waals surface area (Å²) >= 11 is 0. The number of hydrogen-bond donors (Lipinski definition) is 0. The van der Waals surface area contributed by atoms with Gasteiger partial charge in [-0.15, -0.1) is 15.0 Å². The van der Waals surface area contributed by atoms with Crippen LogP contribution in [0, 0.1) is 0 Å². The van der Waals surface area contributed by atoms with Gasteiger partial charge in [0.15, 0.2) is 11.5 Å². The van der Waals surface area contributed by atoms with Gasteiger partial charge < -0.3 is 9.64 Å². The molecular weight excluding hydrogens is 456 g/mol. The fourth-order valence-electron chi connectivity index (χ4n) is 5.36. The van der Waals surface area contributed by atoms with Crippen molar-refractivity contribution in [2.24, 2.45) is 0 Å². The van der Waals surface area contributed by atoms with E-state index in [1.807, 2.05) is 54.6 Å². The highest BCUT2D eigenvalue weighted by molar-refractivity contribution is 6.06. The summed E-state index contributed by atoms with van der Waals surface area (Å²) in [4.78, 5) is 4.05. The Labute approximate surface area is 212 Å². The minimum absolute atomic E-state index is 0.834. The number of anilines is 3. The van der Waals surface area contributed by atoms with Gasteiger partial charge in [0.2, 0.25) is 0 Å². The van der Waals surface area contributed by atoms with Crippen molar-refractivity contribution in [2.75, 3.05) is 4.90 Å². The highest BCUT2D eigenvalue weighted by Crippen LogP contribution is 2.51. The molecule has 5 nitrogen and oxygen atoms in total. The van der Waals surface area contributed by atoms with Crippen molar-refractivity contribution in [2.45, 2.75) is 0 Å². The Bertz CT molecular complexity index is 1950. The van der Waals surface area contributed by atoms with Crippen LogP contribution >= 0.6 is 0 Å². The fourth-order valence-corrected chi connectivity index (χ4v) is 5.36. The summed E-state index contributed by atoms with van der Waals surface area (Å²) in [5.41, 5.74) is 5.81. The Morgan fingerprint density at radius 3 is 1.81 bits per heavy atom. The molecule has 0 saturated heterocycles. The third-order valence-corrected chi connectivity index (χ3v) is 7.04. The first-order valence-electron chi connectivity index (χ1n) is 12.3. The number of rotatable bonds is 2. The Morgan fingerprint density at radius 1 is 0.459 bits per heavy atom. The Morgan fingerprint density at radius 2 is 1.05 bits per heavy atom. The lowest BCUT2D eigenvalue weighted by Gasteiger charge is -2.33. The molecule has 7 aromatic rings. The minimum atomic E-state index is 0.834. The van der Waals surface area contributed by atoms with Gasteiger partial charge in [-0.1, -0.05) is 78.9 Å². The molecule has 0 bridgehead atoms. The van der Waals surface area contributed by atoms with Crippen molar-refractivity contribution >= 4 is 49.6 Å². The third-order valence-electron chi connectivity index (χ3n) is 7.04. The van der Waals surface area contributed by atoms with Gasteiger partial charge in [0.25, 0.3) is 0 Å². The molecule has 0 radical (unpaired) electrons. The summed E-state index contributed by atoms with van der Waals surface area (Å²) in [5.74, 6) is 1.67. The summed E-state index contributed by atoms with van der Waals surface area (Å²) in [7, 11) is 0. The van der Waals surface area contributed by atoms with Crippen LogP contribution in [-0.2, 0) is 0 Å². The van der Waals surface area contributed by atoms with Crippen LogP contribution in [-0.4, -0.2) is 15.0 Å². The van der Waals surface area contributed by atoms with Gasteiger partial charge in [-0.25, -0.2) is 0 Å². The molecule has 5 heteroatoms. The van der Waals surface area contributed by atoms with Gasteiger partial charge in [-0.3, -0.25) is 0 Å². The summed E-state index contributed by atoms with van der Waals surface area (Å²) in [5, 5.41) is 14.3. The van der Waals surface area contributed by atoms with Gasteiger partial charge in [-0.05, 0) is 47.9 Å². The van der Waals surface area contributed by atoms with Gasteiger partial charge in [0.1, 0.15) is 11.0 Å². The van der Waals surface area contributed by atoms with Crippen molar-refractivity contribution in [3.8, 4) is 17.2 Å². The predicted octanol–water partition coefficient (Wildman–Crippen LogP) is 8.30. The number of ether oxygens (including phenoxy) is 1. The second-order valence-electron chi connectivity index (χ2n) is 9.17. The number of para-hydroxylation sites is 4. The van der Waals surface area contributed by atoms with Crippen LogP contribution < -0.4 is 9.64 Å². The number of benzene rings is 6. The summed E-state index contributed by atoms with van der Waals surface area (Å²) in [6, 6.07) is 41.5. The topological polar surface area (TPSA) is 43.2 Å². The van der Waals surface area contributed by atoms with Crippen LogP contribution in [0.25, 0.3) is 38.3 Å². The first-order chi connectivity index (χ1) is 18.3. The average Bonchev–Trinajstić information content (AvgIpc) is 3.40. The molecule has 1 aliphatic rings. The zero-order chi connectivity index (χ0) is 24.3. The van der Waals surface area contributed by atoms with E-state index in [1.54, 1.807) is 4.80 Å². The molecule has 174 valence electrons. The molecule has 0 spiro atoms. The Kier molecular flexibility index (Phi) is 4.16. The lowest BCUT2D eigenvalue weighted by atomic mass is 10.0. The third kappa shape index (κ3) is 2.98. The average molecular weight is 477 g/mol. The molecule has 1 aromatic heterocycles. The second kappa shape index (κ2) is 7.67. The Balaban J connectivity index is 1.37. The van der Waals surface area contributed by atoms with Crippen molar-refractivity contribution in [1.82, 2.24) is 15.0 Å². The number of hydrogen-bond acceptors (Lipinski definition) is 4. The summed E-state index contributed by atoms with van der Waals surface area (Å²) in [6.07, 6.45) is 0. The molecule has 1 aliphatic heterocycles. The van der Waals surface area contributed by atoms with Crippen molar-refractivity contribution < 1.29 is 4.74 Å². The second-order valence-corrected chi connectivity index (χ2v) is 9.17. The van der Waals surface area contributed by atoms with E-state index in [9.17, 15) is 0 Å². The molecule has 0 atom stereocenters. The lowest BCUT2D eigenvalue weighted by Crippen LogP contribution is -2.16. The number of aromatic nitrogens is 3. The minimum Gasteiger partial charge on any atom is -0.453 e. The lowest BCUT2D eigenvalue weighted by molar-refractivity contribution is 0.477. The van der Waals surface area contributed by atoms with E-state index in [0.29, 0.717) is 0 Å². The monoisotopic (exact) mass is 476 g/mol. The van der Waals surface area contributed by atoms with Crippen LogP contribution in [0.5, 0.6) is 11.5 Å². The summed E-state index contributed by atoms with van der Waals surface area (Å²) < 4.78 is 6.24. The maximum atomic E-state index is 6.24. The zero-order valence-corrected chi connectivity index (χ0v) is 19.7. The zero-order valence-electron chi connectivity index (χ0n) is 19.7. The molecule has 2 heterocycles. The van der Waals surface area contributed by atoms with E-state index >= 15 is 0 Å². The van der Waals surface area contributed by atoms with E-state index in [2.05, 4.69) is 71.6 Å². The smallest absolute Gasteiger partial charge is 0.151 e. The van der Waals surface area contributed by atoms with Crippen LogP contribution in [0.15, 0.2) is 121 Å². The largest absolute Gasteiger partial charge is 0.453 e. The van der Waals surface area contributed by atoms with E-state index in [4.69, 9.17) is 14.9 Å². The molecule has 0 N–H and O–H groups in total. The molecule has 0 unspecified atom stereocenters. The van der Waals surface area contributed by atoms with Crippen molar-refractivity contribution in [3.63, 3.8) is 0 Å². The van der Waals surface area contributed by atoms with Gasteiger partial charge in [-0.2, -0.15) is 0 Å². The van der Waals surface area contributed by atoms with Crippen LogP contribution in [0.1, 0.15) is 0 Å². The van der Waals surface area contributed by atoms with E-state index in [-0.39, 0.29) is 0 Å². The molecule has 37 heavy (non-hydrogen) atoms. The standard InChI is InChI=1S/C32H20N4O/c1-2-10-22-21(9-1)17-18-25-32(22)34-36(33-25)27-20-19-26(23-11-3-4-12-24(23)27)35-28-13-5-7-15-30(28)37-31-16-8-6-14-29(31)35/h1-20H. The molecule has 0 amide bonds. The maximum Gasteiger partial charge on any atom is 0.151 e. The highest BCUT2D eigenvalue weighted by atomic mass is 16.5. The van der Waals surface area contributed by atoms with E-state index in [1.165, 1.54) is 0 Å². The Hall–Kier alpha value is -5.16. The molecule has 8 rings (SSSR count). The first kappa shape index (κ1) is 20.1. The van der Waals surface area contributed by atoms with E-state index < -0.39 is 0 Å². The normalized spacial score (nSPS) is 12.5. The molecule has 0 saturated carbocycles. The molecule has 6 aromatic carbocycles. The van der Waals surface area contributed by atoms with Gasteiger partial charge >= 0.3 is 0 Å². The van der Waals surface area contributed by atoms with Gasteiger partial charge in [0.05, 0.1) is 22.7 Å². The molecule has 0 fully saturated rings.